The summed E-state index contributed by atoms with van der Waals surface area (Å²) >= 11 is 6.24. The molecule has 0 spiro atoms. The van der Waals surface area contributed by atoms with Crippen molar-refractivity contribution in [2.45, 2.75) is 83.8 Å². The molecular formula is C29H40ClN3O4S. The monoisotopic (exact) mass is 561 g/mol. The minimum atomic E-state index is -3.59. The lowest BCUT2D eigenvalue weighted by atomic mass is 9.95. The zero-order valence-corrected chi connectivity index (χ0v) is 24.2. The lowest BCUT2D eigenvalue weighted by molar-refractivity contribution is -0.141. The molecule has 1 aliphatic rings. The number of rotatable bonds is 12. The fourth-order valence-electron chi connectivity index (χ4n) is 5.09. The number of anilines is 1. The Morgan fingerprint density at radius 3 is 2.37 bits per heavy atom. The fraction of sp³-hybridized carbons (Fsp3) is 0.517. The van der Waals surface area contributed by atoms with Gasteiger partial charge in [0.15, 0.2) is 0 Å². The first-order chi connectivity index (χ1) is 18.1. The van der Waals surface area contributed by atoms with Gasteiger partial charge in [-0.25, -0.2) is 8.42 Å². The van der Waals surface area contributed by atoms with Crippen molar-refractivity contribution in [1.82, 2.24) is 10.2 Å². The quantitative estimate of drug-likeness (QED) is 0.373. The topological polar surface area (TPSA) is 86.8 Å². The molecule has 0 radical (unpaired) electrons. The summed E-state index contributed by atoms with van der Waals surface area (Å²) in [4.78, 5) is 28.6. The van der Waals surface area contributed by atoms with E-state index in [1.54, 1.807) is 30.0 Å². The zero-order chi connectivity index (χ0) is 27.7. The van der Waals surface area contributed by atoms with Gasteiger partial charge in [-0.05, 0) is 55.9 Å². The third-order valence-corrected chi connectivity index (χ3v) is 8.78. The number of hydrogen-bond donors (Lipinski definition) is 1. The number of sulfonamides is 1. The summed E-state index contributed by atoms with van der Waals surface area (Å²) < 4.78 is 26.5. The van der Waals surface area contributed by atoms with E-state index in [1.807, 2.05) is 37.3 Å². The van der Waals surface area contributed by atoms with E-state index < -0.39 is 16.1 Å². The van der Waals surface area contributed by atoms with E-state index in [0.717, 1.165) is 37.5 Å². The Hall–Kier alpha value is -2.58. The average Bonchev–Trinajstić information content (AvgIpc) is 2.89. The van der Waals surface area contributed by atoms with Crippen molar-refractivity contribution in [3.05, 3.63) is 64.7 Å². The predicted octanol–water partition coefficient (Wildman–Crippen LogP) is 5.45. The van der Waals surface area contributed by atoms with E-state index in [-0.39, 0.29) is 30.8 Å². The molecule has 1 unspecified atom stereocenters. The Morgan fingerprint density at radius 2 is 1.74 bits per heavy atom. The maximum absolute atomic E-state index is 13.6. The SMILES string of the molecule is CCC(C(=O)NC1CCCCC1)N(Cc1ccccc1)C(=O)CCCN(c1cccc(Cl)c1C)S(C)(=O)=O. The molecule has 3 rings (SSSR count). The van der Waals surface area contributed by atoms with Crippen LogP contribution >= 0.6 is 11.6 Å². The summed E-state index contributed by atoms with van der Waals surface area (Å²) in [6, 6.07) is 14.3. The predicted molar refractivity (Wildman–Crippen MR) is 154 cm³/mol. The molecule has 1 fully saturated rings. The molecule has 0 aliphatic heterocycles. The molecule has 7 nitrogen and oxygen atoms in total. The molecule has 2 aromatic rings. The summed E-state index contributed by atoms with van der Waals surface area (Å²) in [6.45, 7) is 4.15. The van der Waals surface area contributed by atoms with Crippen molar-refractivity contribution in [1.29, 1.82) is 0 Å². The molecule has 0 bridgehead atoms. The van der Waals surface area contributed by atoms with Crippen LogP contribution in [0.1, 0.15) is 69.4 Å². The van der Waals surface area contributed by atoms with E-state index in [0.29, 0.717) is 35.7 Å². The molecule has 0 saturated heterocycles. The molecule has 2 amide bonds. The maximum Gasteiger partial charge on any atom is 0.243 e. The largest absolute Gasteiger partial charge is 0.352 e. The highest BCUT2D eigenvalue weighted by atomic mass is 35.5. The molecule has 9 heteroatoms. The van der Waals surface area contributed by atoms with Crippen LogP contribution in [-0.4, -0.2) is 50.0 Å². The van der Waals surface area contributed by atoms with E-state index >= 15 is 0 Å². The van der Waals surface area contributed by atoms with Crippen LogP contribution in [0.25, 0.3) is 0 Å². The molecule has 0 heterocycles. The summed E-state index contributed by atoms with van der Waals surface area (Å²) in [5.41, 5.74) is 2.12. The summed E-state index contributed by atoms with van der Waals surface area (Å²) in [6.07, 6.45) is 7.43. The molecule has 208 valence electrons. The van der Waals surface area contributed by atoms with Crippen LogP contribution in [0, 0.1) is 6.92 Å². The Balaban J connectivity index is 1.75. The third kappa shape index (κ3) is 8.21. The summed E-state index contributed by atoms with van der Waals surface area (Å²) in [5.74, 6) is -0.285. The van der Waals surface area contributed by atoms with Crippen LogP contribution in [0.2, 0.25) is 5.02 Å². The minimum Gasteiger partial charge on any atom is -0.352 e. The number of carbonyl (C=O) groups is 2. The van der Waals surface area contributed by atoms with Crippen LogP contribution in [0.15, 0.2) is 48.5 Å². The van der Waals surface area contributed by atoms with Gasteiger partial charge in [0.05, 0.1) is 11.9 Å². The van der Waals surface area contributed by atoms with Crippen molar-refractivity contribution < 1.29 is 18.0 Å². The van der Waals surface area contributed by atoms with Crippen LogP contribution in [0.5, 0.6) is 0 Å². The number of hydrogen-bond acceptors (Lipinski definition) is 4. The first kappa shape index (κ1) is 30.0. The molecule has 1 saturated carbocycles. The highest BCUT2D eigenvalue weighted by molar-refractivity contribution is 7.92. The summed E-state index contributed by atoms with van der Waals surface area (Å²) in [5, 5.41) is 3.67. The standard InChI is InChI=1S/C29H40ClN3O4S/c1-4-26(29(35)31-24-15-9-6-10-16-24)32(21-23-13-7-5-8-14-23)28(34)19-12-20-33(38(3,36)37)27-18-11-17-25(30)22(27)2/h5,7-8,11,13-14,17-18,24,26H,4,6,9-10,12,15-16,19-21H2,1-3H3,(H,31,35). The molecule has 2 aromatic carbocycles. The molecular weight excluding hydrogens is 522 g/mol. The van der Waals surface area contributed by atoms with E-state index in [9.17, 15) is 18.0 Å². The maximum atomic E-state index is 13.6. The van der Waals surface area contributed by atoms with Crippen molar-refractivity contribution in [3.63, 3.8) is 0 Å². The van der Waals surface area contributed by atoms with Crippen molar-refractivity contribution in [2.75, 3.05) is 17.1 Å². The van der Waals surface area contributed by atoms with Gasteiger partial charge in [0, 0.05) is 30.6 Å². The highest BCUT2D eigenvalue weighted by Gasteiger charge is 2.30. The average molecular weight is 562 g/mol. The number of halogens is 1. The van der Waals surface area contributed by atoms with Gasteiger partial charge in [-0.1, -0.05) is 74.2 Å². The van der Waals surface area contributed by atoms with E-state index in [1.165, 1.54) is 10.7 Å². The van der Waals surface area contributed by atoms with Crippen LogP contribution in [-0.2, 0) is 26.2 Å². The first-order valence-electron chi connectivity index (χ1n) is 13.5. The van der Waals surface area contributed by atoms with Gasteiger partial charge in [0.25, 0.3) is 0 Å². The van der Waals surface area contributed by atoms with Crippen LogP contribution < -0.4 is 9.62 Å². The smallest absolute Gasteiger partial charge is 0.243 e. The Bertz CT molecular complexity index is 1180. The van der Waals surface area contributed by atoms with Crippen LogP contribution in [0.3, 0.4) is 0 Å². The second kappa shape index (κ2) is 14.0. The number of benzene rings is 2. The van der Waals surface area contributed by atoms with Gasteiger partial charge in [0.1, 0.15) is 6.04 Å². The molecule has 1 N–H and O–H groups in total. The normalized spacial score (nSPS) is 15.1. The van der Waals surface area contributed by atoms with Gasteiger partial charge >= 0.3 is 0 Å². The third-order valence-electron chi connectivity index (χ3n) is 7.19. The molecule has 1 aliphatic carbocycles. The van der Waals surface area contributed by atoms with Gasteiger partial charge in [-0.15, -0.1) is 0 Å². The van der Waals surface area contributed by atoms with E-state index in [2.05, 4.69) is 5.32 Å². The van der Waals surface area contributed by atoms with Gasteiger partial charge in [0.2, 0.25) is 21.8 Å². The summed E-state index contributed by atoms with van der Waals surface area (Å²) in [7, 11) is -3.59. The van der Waals surface area contributed by atoms with Gasteiger partial charge in [-0.3, -0.25) is 13.9 Å². The molecule has 1 atom stereocenters. The second-order valence-corrected chi connectivity index (χ2v) is 12.4. The van der Waals surface area contributed by atoms with E-state index in [4.69, 9.17) is 11.6 Å². The first-order valence-corrected chi connectivity index (χ1v) is 15.7. The van der Waals surface area contributed by atoms with Gasteiger partial charge < -0.3 is 10.2 Å². The van der Waals surface area contributed by atoms with Crippen molar-refractivity contribution in [3.8, 4) is 0 Å². The zero-order valence-electron chi connectivity index (χ0n) is 22.7. The number of nitrogens with one attached hydrogen (secondary N) is 1. The lowest BCUT2D eigenvalue weighted by Crippen LogP contribution is -2.51. The second-order valence-electron chi connectivity index (χ2n) is 10.1. The molecule has 0 aromatic heterocycles. The number of nitrogens with zero attached hydrogens (tertiary/aromatic N) is 2. The number of carbonyl (C=O) groups excluding carboxylic acids is 2. The lowest BCUT2D eigenvalue weighted by Gasteiger charge is -2.33. The fourth-order valence-corrected chi connectivity index (χ4v) is 6.28. The number of amides is 2. The Morgan fingerprint density at radius 1 is 1.05 bits per heavy atom. The van der Waals surface area contributed by atoms with Crippen molar-refractivity contribution >= 4 is 39.1 Å². The Kier molecular flexibility index (Phi) is 11.0. The minimum absolute atomic E-state index is 0.115. The highest BCUT2D eigenvalue weighted by Crippen LogP contribution is 2.28. The van der Waals surface area contributed by atoms with Crippen LogP contribution in [0.4, 0.5) is 5.69 Å². The van der Waals surface area contributed by atoms with Crippen molar-refractivity contribution in [2.24, 2.45) is 0 Å². The molecule has 38 heavy (non-hydrogen) atoms. The van der Waals surface area contributed by atoms with Gasteiger partial charge in [-0.2, -0.15) is 0 Å². The Labute approximate surface area is 232 Å².